The van der Waals surface area contributed by atoms with Gasteiger partial charge in [0.25, 0.3) is 0 Å². The van der Waals surface area contributed by atoms with Crippen molar-refractivity contribution in [2.75, 3.05) is 7.05 Å². The number of aromatic nitrogens is 2. The van der Waals surface area contributed by atoms with Crippen LogP contribution in [0.25, 0.3) is 0 Å². The molecular formula is C11H13N3O. The lowest BCUT2D eigenvalue weighted by atomic mass is 10.1. The first-order chi connectivity index (χ1) is 7.31. The van der Waals surface area contributed by atoms with Gasteiger partial charge in [0.2, 0.25) is 0 Å². The van der Waals surface area contributed by atoms with Gasteiger partial charge in [0.1, 0.15) is 11.8 Å². The number of rotatable bonds is 3. The van der Waals surface area contributed by atoms with E-state index in [1.807, 2.05) is 26.1 Å². The maximum Gasteiger partial charge on any atom is 0.126 e. The number of nitrogens with one attached hydrogen (secondary N) is 1. The summed E-state index contributed by atoms with van der Waals surface area (Å²) < 4.78 is 5.34. The van der Waals surface area contributed by atoms with E-state index in [1.54, 1.807) is 18.7 Å². The van der Waals surface area contributed by atoms with Gasteiger partial charge < -0.3 is 9.73 Å². The summed E-state index contributed by atoms with van der Waals surface area (Å²) >= 11 is 0. The molecule has 0 saturated carbocycles. The number of hydrogen-bond donors (Lipinski definition) is 1. The van der Waals surface area contributed by atoms with Crippen molar-refractivity contribution in [1.82, 2.24) is 15.3 Å². The highest BCUT2D eigenvalue weighted by atomic mass is 16.3. The Morgan fingerprint density at radius 2 is 2.20 bits per heavy atom. The van der Waals surface area contributed by atoms with E-state index in [4.69, 9.17) is 4.42 Å². The lowest BCUT2D eigenvalue weighted by Crippen LogP contribution is -2.18. The van der Waals surface area contributed by atoms with Crippen LogP contribution in [0.4, 0.5) is 0 Å². The molecule has 1 atom stereocenters. The van der Waals surface area contributed by atoms with E-state index in [2.05, 4.69) is 15.3 Å². The Morgan fingerprint density at radius 1 is 1.33 bits per heavy atom. The zero-order valence-electron chi connectivity index (χ0n) is 8.77. The van der Waals surface area contributed by atoms with Crippen molar-refractivity contribution in [3.05, 3.63) is 47.9 Å². The van der Waals surface area contributed by atoms with E-state index in [0.29, 0.717) is 0 Å². The summed E-state index contributed by atoms with van der Waals surface area (Å²) in [5.74, 6) is 0.843. The Morgan fingerprint density at radius 3 is 2.73 bits per heavy atom. The second-order valence-electron chi connectivity index (χ2n) is 3.32. The fraction of sp³-hybridized carbons (Fsp3) is 0.273. The van der Waals surface area contributed by atoms with Crippen molar-refractivity contribution in [1.29, 1.82) is 0 Å². The molecule has 0 radical (unpaired) electrons. The Labute approximate surface area is 88.4 Å². The third-order valence-corrected chi connectivity index (χ3v) is 2.21. The molecule has 1 N–H and O–H groups in total. The van der Waals surface area contributed by atoms with Crippen LogP contribution < -0.4 is 5.32 Å². The van der Waals surface area contributed by atoms with Crippen molar-refractivity contribution in [3.63, 3.8) is 0 Å². The molecule has 15 heavy (non-hydrogen) atoms. The predicted molar refractivity (Wildman–Crippen MR) is 56.4 cm³/mol. The van der Waals surface area contributed by atoms with Crippen LogP contribution >= 0.6 is 0 Å². The highest BCUT2D eigenvalue weighted by molar-refractivity contribution is 5.18. The lowest BCUT2D eigenvalue weighted by Gasteiger charge is -2.12. The van der Waals surface area contributed by atoms with Gasteiger partial charge in [-0.15, -0.1) is 0 Å². The largest absolute Gasteiger partial charge is 0.467 e. The van der Waals surface area contributed by atoms with Crippen LogP contribution in [0.2, 0.25) is 0 Å². The maximum atomic E-state index is 5.34. The highest BCUT2D eigenvalue weighted by Crippen LogP contribution is 2.19. The fourth-order valence-electron chi connectivity index (χ4n) is 1.44. The quantitative estimate of drug-likeness (QED) is 0.824. The summed E-state index contributed by atoms with van der Waals surface area (Å²) in [6.45, 7) is 1.91. The van der Waals surface area contributed by atoms with Crippen molar-refractivity contribution >= 4 is 0 Å². The van der Waals surface area contributed by atoms with Crippen LogP contribution in [0.5, 0.6) is 0 Å². The van der Waals surface area contributed by atoms with Gasteiger partial charge in [-0.3, -0.25) is 9.97 Å². The second kappa shape index (κ2) is 4.23. The van der Waals surface area contributed by atoms with Gasteiger partial charge >= 0.3 is 0 Å². The molecule has 2 rings (SSSR count). The molecule has 0 aliphatic heterocycles. The molecule has 2 heterocycles. The van der Waals surface area contributed by atoms with E-state index < -0.39 is 0 Å². The van der Waals surface area contributed by atoms with Crippen LogP contribution in [0.3, 0.4) is 0 Å². The van der Waals surface area contributed by atoms with Gasteiger partial charge in [-0.1, -0.05) is 0 Å². The van der Waals surface area contributed by atoms with Crippen LogP contribution in [-0.2, 0) is 0 Å². The highest BCUT2D eigenvalue weighted by Gasteiger charge is 2.15. The molecule has 0 bridgehead atoms. The Kier molecular flexibility index (Phi) is 2.78. The summed E-state index contributed by atoms with van der Waals surface area (Å²) in [6.07, 6.45) is 5.17. The molecule has 0 aliphatic rings. The van der Waals surface area contributed by atoms with Crippen molar-refractivity contribution in [2.24, 2.45) is 0 Å². The minimum atomic E-state index is -0.0342. The molecule has 2 aromatic rings. The number of hydrogen-bond acceptors (Lipinski definition) is 4. The van der Waals surface area contributed by atoms with E-state index >= 15 is 0 Å². The van der Waals surface area contributed by atoms with Crippen molar-refractivity contribution in [3.8, 4) is 0 Å². The average molecular weight is 203 g/mol. The minimum Gasteiger partial charge on any atom is -0.467 e. The third kappa shape index (κ3) is 2.05. The molecule has 1 unspecified atom stereocenters. The molecule has 0 aliphatic carbocycles. The van der Waals surface area contributed by atoms with E-state index in [-0.39, 0.29) is 6.04 Å². The lowest BCUT2D eigenvalue weighted by molar-refractivity contribution is 0.458. The second-order valence-corrected chi connectivity index (χ2v) is 3.32. The molecule has 0 fully saturated rings. The van der Waals surface area contributed by atoms with Gasteiger partial charge in [-0.05, 0) is 26.1 Å². The summed E-state index contributed by atoms with van der Waals surface area (Å²) in [5.41, 5.74) is 1.77. The predicted octanol–water partition coefficient (Wildman–Crippen LogP) is 1.69. The Hall–Kier alpha value is -1.68. The van der Waals surface area contributed by atoms with Gasteiger partial charge in [-0.25, -0.2) is 0 Å². The molecular weight excluding hydrogens is 190 g/mol. The summed E-state index contributed by atoms with van der Waals surface area (Å²) in [7, 11) is 1.87. The van der Waals surface area contributed by atoms with Crippen molar-refractivity contribution in [2.45, 2.75) is 13.0 Å². The van der Waals surface area contributed by atoms with Crippen LogP contribution in [0, 0.1) is 6.92 Å². The van der Waals surface area contributed by atoms with E-state index in [9.17, 15) is 0 Å². The first kappa shape index (κ1) is 9.86. The summed E-state index contributed by atoms with van der Waals surface area (Å²) in [5, 5.41) is 3.14. The standard InChI is InChI=1S/C11H13N3O/c1-8-6-14-9(7-13-8)11(12-2)10-4-3-5-15-10/h3-7,11-12H,1-2H3. The normalized spacial score (nSPS) is 12.7. The first-order valence-corrected chi connectivity index (χ1v) is 4.80. The van der Waals surface area contributed by atoms with E-state index in [0.717, 1.165) is 17.1 Å². The van der Waals surface area contributed by atoms with Gasteiger partial charge in [0.05, 0.1) is 23.8 Å². The molecule has 0 amide bonds. The minimum absolute atomic E-state index is 0.0342. The van der Waals surface area contributed by atoms with Gasteiger partial charge in [0, 0.05) is 6.20 Å². The maximum absolute atomic E-state index is 5.34. The Balaban J connectivity index is 2.31. The van der Waals surface area contributed by atoms with Crippen LogP contribution in [-0.4, -0.2) is 17.0 Å². The topological polar surface area (TPSA) is 51.0 Å². The molecule has 0 saturated heterocycles. The number of aryl methyl sites for hydroxylation is 1. The van der Waals surface area contributed by atoms with Crippen LogP contribution in [0.1, 0.15) is 23.2 Å². The molecule has 0 spiro atoms. The zero-order valence-corrected chi connectivity index (χ0v) is 8.77. The molecule has 2 aromatic heterocycles. The van der Waals surface area contributed by atoms with Crippen LogP contribution in [0.15, 0.2) is 35.2 Å². The van der Waals surface area contributed by atoms with Crippen molar-refractivity contribution < 1.29 is 4.42 Å². The smallest absolute Gasteiger partial charge is 0.126 e. The molecule has 4 heteroatoms. The zero-order chi connectivity index (χ0) is 10.7. The number of furan rings is 1. The third-order valence-electron chi connectivity index (χ3n) is 2.21. The fourth-order valence-corrected chi connectivity index (χ4v) is 1.44. The average Bonchev–Trinajstić information content (AvgIpc) is 2.75. The van der Waals surface area contributed by atoms with Gasteiger partial charge in [-0.2, -0.15) is 0 Å². The summed E-state index contributed by atoms with van der Waals surface area (Å²) in [6, 6.07) is 3.75. The summed E-state index contributed by atoms with van der Waals surface area (Å²) in [4.78, 5) is 8.53. The van der Waals surface area contributed by atoms with Gasteiger partial charge in [0.15, 0.2) is 0 Å². The van der Waals surface area contributed by atoms with E-state index in [1.165, 1.54) is 0 Å². The molecule has 0 aromatic carbocycles. The first-order valence-electron chi connectivity index (χ1n) is 4.80. The number of nitrogens with zero attached hydrogens (tertiary/aromatic N) is 2. The molecule has 78 valence electrons. The molecule has 4 nitrogen and oxygen atoms in total. The monoisotopic (exact) mass is 203 g/mol. The SMILES string of the molecule is CNC(c1cnc(C)cn1)c1ccco1. The Bertz CT molecular complexity index is 408.